The number of carbonyl (C=O) groups is 2. The second kappa shape index (κ2) is 11.6. The molecule has 0 bridgehead atoms. The van der Waals surface area contributed by atoms with Gasteiger partial charge in [-0.15, -0.1) is 0 Å². The molecular formula is C24H26BrN3O4. The predicted octanol–water partition coefficient (Wildman–Crippen LogP) is 4.63. The fourth-order valence-electron chi connectivity index (χ4n) is 3.09. The number of esters is 1. The third kappa shape index (κ3) is 6.05. The van der Waals surface area contributed by atoms with Crippen molar-refractivity contribution in [3.63, 3.8) is 0 Å². The van der Waals surface area contributed by atoms with E-state index in [2.05, 4.69) is 26.3 Å². The first kappa shape index (κ1) is 23.7. The van der Waals surface area contributed by atoms with Gasteiger partial charge in [-0.05, 0) is 62.7 Å². The van der Waals surface area contributed by atoms with Gasteiger partial charge in [0.2, 0.25) is 0 Å². The van der Waals surface area contributed by atoms with Crippen LogP contribution in [-0.4, -0.2) is 48.0 Å². The summed E-state index contributed by atoms with van der Waals surface area (Å²) < 4.78 is 13.0. The van der Waals surface area contributed by atoms with Crippen LogP contribution in [0, 0.1) is 0 Å². The van der Waals surface area contributed by atoms with Crippen LogP contribution in [0.3, 0.4) is 0 Å². The highest BCUT2D eigenvalue weighted by Gasteiger charge is 2.18. The van der Waals surface area contributed by atoms with Crippen LogP contribution in [0.4, 0.5) is 0 Å². The molecule has 0 saturated carbocycles. The number of rotatable bonds is 10. The van der Waals surface area contributed by atoms with Crippen LogP contribution in [0.2, 0.25) is 0 Å². The van der Waals surface area contributed by atoms with Crippen LogP contribution in [0.25, 0.3) is 16.9 Å². The molecule has 2 aromatic carbocycles. The SMILES string of the molecule is CCOCCCNC(=O)c1ccc(-n2nc(C(=O)OCC)cc2-c2ccc(Br)cc2)cc1. The largest absolute Gasteiger partial charge is 0.461 e. The fraction of sp³-hybridized carbons (Fsp3) is 0.292. The molecule has 32 heavy (non-hydrogen) atoms. The van der Waals surface area contributed by atoms with Gasteiger partial charge in [-0.2, -0.15) is 5.10 Å². The Morgan fingerprint density at radius 2 is 1.75 bits per heavy atom. The summed E-state index contributed by atoms with van der Waals surface area (Å²) in [6.45, 7) is 5.81. The van der Waals surface area contributed by atoms with Crippen LogP contribution in [0.5, 0.6) is 0 Å². The van der Waals surface area contributed by atoms with Crippen LogP contribution < -0.4 is 5.32 Å². The zero-order valence-electron chi connectivity index (χ0n) is 18.1. The number of aromatic nitrogens is 2. The van der Waals surface area contributed by atoms with Crippen molar-refractivity contribution in [2.75, 3.05) is 26.4 Å². The average Bonchev–Trinajstić information content (AvgIpc) is 3.25. The van der Waals surface area contributed by atoms with Crippen molar-refractivity contribution in [3.8, 4) is 16.9 Å². The summed E-state index contributed by atoms with van der Waals surface area (Å²) in [5, 5.41) is 7.35. The summed E-state index contributed by atoms with van der Waals surface area (Å²) in [7, 11) is 0. The number of amides is 1. The number of benzene rings is 2. The first-order valence-corrected chi connectivity index (χ1v) is 11.3. The number of hydrogen-bond donors (Lipinski definition) is 1. The van der Waals surface area contributed by atoms with Crippen LogP contribution in [-0.2, 0) is 9.47 Å². The molecule has 168 valence electrons. The molecule has 1 heterocycles. The zero-order valence-corrected chi connectivity index (χ0v) is 19.7. The van der Waals surface area contributed by atoms with E-state index in [1.165, 1.54) is 0 Å². The summed E-state index contributed by atoms with van der Waals surface area (Å²) in [4.78, 5) is 24.6. The fourth-order valence-corrected chi connectivity index (χ4v) is 3.35. The Kier molecular flexibility index (Phi) is 8.58. The van der Waals surface area contributed by atoms with Crippen LogP contribution in [0.1, 0.15) is 41.1 Å². The van der Waals surface area contributed by atoms with E-state index in [1.807, 2.05) is 31.2 Å². The van der Waals surface area contributed by atoms with Crippen molar-refractivity contribution in [3.05, 3.63) is 70.3 Å². The van der Waals surface area contributed by atoms with Gasteiger partial charge >= 0.3 is 5.97 Å². The molecule has 0 unspecified atom stereocenters. The molecule has 1 amide bonds. The Labute approximate surface area is 195 Å². The second-order valence-corrected chi connectivity index (χ2v) is 7.82. The summed E-state index contributed by atoms with van der Waals surface area (Å²) in [6, 6.07) is 16.5. The third-order valence-electron chi connectivity index (χ3n) is 4.66. The van der Waals surface area contributed by atoms with Gasteiger partial charge in [0.05, 0.1) is 18.0 Å². The lowest BCUT2D eigenvalue weighted by Gasteiger charge is -2.09. The normalized spacial score (nSPS) is 10.7. The van der Waals surface area contributed by atoms with Crippen molar-refractivity contribution in [2.45, 2.75) is 20.3 Å². The minimum Gasteiger partial charge on any atom is -0.461 e. The maximum atomic E-state index is 12.4. The molecule has 0 atom stereocenters. The van der Waals surface area contributed by atoms with Gasteiger partial charge in [-0.1, -0.05) is 28.1 Å². The molecule has 0 saturated heterocycles. The molecule has 0 aliphatic carbocycles. The van der Waals surface area contributed by atoms with Crippen LogP contribution in [0.15, 0.2) is 59.1 Å². The van der Waals surface area contributed by atoms with Gasteiger partial charge in [0.25, 0.3) is 5.91 Å². The smallest absolute Gasteiger partial charge is 0.358 e. The molecule has 0 fully saturated rings. The summed E-state index contributed by atoms with van der Waals surface area (Å²) in [5.74, 6) is -0.624. The lowest BCUT2D eigenvalue weighted by atomic mass is 10.1. The van der Waals surface area contributed by atoms with E-state index in [-0.39, 0.29) is 18.2 Å². The highest BCUT2D eigenvalue weighted by Crippen LogP contribution is 2.26. The number of nitrogens with zero attached hydrogens (tertiary/aromatic N) is 2. The minimum atomic E-state index is -0.479. The highest BCUT2D eigenvalue weighted by atomic mass is 79.9. The van der Waals surface area contributed by atoms with Gasteiger partial charge in [0, 0.05) is 35.4 Å². The van der Waals surface area contributed by atoms with E-state index < -0.39 is 5.97 Å². The molecule has 0 radical (unpaired) electrons. The van der Waals surface area contributed by atoms with Crippen molar-refractivity contribution < 1.29 is 19.1 Å². The second-order valence-electron chi connectivity index (χ2n) is 6.91. The van der Waals surface area contributed by atoms with E-state index >= 15 is 0 Å². The molecular weight excluding hydrogens is 474 g/mol. The molecule has 1 aromatic heterocycles. The highest BCUT2D eigenvalue weighted by molar-refractivity contribution is 9.10. The number of hydrogen-bond acceptors (Lipinski definition) is 5. The number of ether oxygens (including phenoxy) is 2. The monoisotopic (exact) mass is 499 g/mol. The molecule has 3 rings (SSSR count). The van der Waals surface area contributed by atoms with Gasteiger partial charge in [0.1, 0.15) is 0 Å². The minimum absolute atomic E-state index is 0.145. The summed E-state index contributed by atoms with van der Waals surface area (Å²) in [6.07, 6.45) is 0.762. The van der Waals surface area contributed by atoms with Gasteiger partial charge in [0.15, 0.2) is 5.69 Å². The summed E-state index contributed by atoms with van der Waals surface area (Å²) in [5.41, 5.74) is 3.14. The maximum absolute atomic E-state index is 12.4. The molecule has 3 aromatic rings. The van der Waals surface area contributed by atoms with E-state index in [0.29, 0.717) is 25.3 Å². The quantitative estimate of drug-likeness (QED) is 0.324. The molecule has 0 aliphatic heterocycles. The van der Waals surface area contributed by atoms with E-state index in [9.17, 15) is 9.59 Å². The van der Waals surface area contributed by atoms with E-state index in [4.69, 9.17) is 9.47 Å². The zero-order chi connectivity index (χ0) is 22.9. The van der Waals surface area contributed by atoms with E-state index in [1.54, 1.807) is 41.9 Å². The molecule has 1 N–H and O–H groups in total. The lowest BCUT2D eigenvalue weighted by molar-refractivity contribution is 0.0518. The standard InChI is InChI=1S/C24H26BrN3O4/c1-3-31-15-5-14-26-23(29)18-8-12-20(13-9-18)28-22(17-6-10-19(25)11-7-17)16-21(27-28)24(30)32-4-2/h6-13,16H,3-5,14-15H2,1-2H3,(H,26,29). The van der Waals surface area contributed by atoms with Crippen molar-refractivity contribution in [2.24, 2.45) is 0 Å². The Morgan fingerprint density at radius 1 is 1.03 bits per heavy atom. The Hall–Kier alpha value is -2.97. The van der Waals surface area contributed by atoms with Crippen molar-refractivity contribution in [1.82, 2.24) is 15.1 Å². The molecule has 7 nitrogen and oxygen atoms in total. The average molecular weight is 500 g/mol. The first-order chi connectivity index (χ1) is 15.5. The van der Waals surface area contributed by atoms with Crippen LogP contribution >= 0.6 is 15.9 Å². The van der Waals surface area contributed by atoms with E-state index in [0.717, 1.165) is 27.8 Å². The Bertz CT molecular complexity index is 1050. The maximum Gasteiger partial charge on any atom is 0.358 e. The number of carbonyl (C=O) groups excluding carboxylic acids is 2. The topological polar surface area (TPSA) is 82.5 Å². The lowest BCUT2D eigenvalue weighted by Crippen LogP contribution is -2.25. The number of halogens is 1. The van der Waals surface area contributed by atoms with Crippen molar-refractivity contribution in [1.29, 1.82) is 0 Å². The van der Waals surface area contributed by atoms with Gasteiger partial charge in [-0.3, -0.25) is 4.79 Å². The predicted molar refractivity (Wildman–Crippen MR) is 126 cm³/mol. The Balaban J connectivity index is 1.83. The van der Waals surface area contributed by atoms with Crippen molar-refractivity contribution >= 4 is 27.8 Å². The third-order valence-corrected chi connectivity index (χ3v) is 5.19. The molecule has 0 spiro atoms. The van der Waals surface area contributed by atoms with Gasteiger partial charge in [-0.25, -0.2) is 9.48 Å². The molecule has 0 aliphatic rings. The summed E-state index contributed by atoms with van der Waals surface area (Å²) >= 11 is 3.44. The van der Waals surface area contributed by atoms with Gasteiger partial charge < -0.3 is 14.8 Å². The Morgan fingerprint density at radius 3 is 2.41 bits per heavy atom. The molecule has 8 heteroatoms. The number of nitrogens with one attached hydrogen (secondary N) is 1. The first-order valence-electron chi connectivity index (χ1n) is 10.5.